The highest BCUT2D eigenvalue weighted by Crippen LogP contribution is 2.22. The van der Waals surface area contributed by atoms with Crippen LogP contribution in [0.25, 0.3) is 0 Å². The molecular formula is C28H41N3O. The van der Waals surface area contributed by atoms with Crippen LogP contribution in [0.5, 0.6) is 0 Å². The Hall–Kier alpha value is -2.49. The van der Waals surface area contributed by atoms with Gasteiger partial charge in [0, 0.05) is 24.0 Å². The van der Waals surface area contributed by atoms with Crippen molar-refractivity contribution in [1.82, 2.24) is 5.32 Å². The van der Waals surface area contributed by atoms with E-state index >= 15 is 0 Å². The van der Waals surface area contributed by atoms with Crippen molar-refractivity contribution in [1.29, 1.82) is 0 Å². The van der Waals surface area contributed by atoms with Gasteiger partial charge in [0.2, 0.25) is 0 Å². The minimum absolute atomic E-state index is 0.118. The maximum absolute atomic E-state index is 12.1. The van der Waals surface area contributed by atoms with Crippen molar-refractivity contribution in [3.63, 3.8) is 0 Å². The Kier molecular flexibility index (Phi) is 10.4. The Morgan fingerprint density at radius 2 is 1.38 bits per heavy atom. The molecule has 0 aromatic heterocycles. The van der Waals surface area contributed by atoms with Crippen LogP contribution in [-0.2, 0) is 6.42 Å². The SMILES string of the molecule is CCCCCCCCNC(=O)Nc1ccc(Cc2ccc(NC3CCCCC3)cc2)cc1. The highest BCUT2D eigenvalue weighted by Gasteiger charge is 2.12. The van der Waals surface area contributed by atoms with Crippen molar-refractivity contribution in [2.45, 2.75) is 90.0 Å². The van der Waals surface area contributed by atoms with Gasteiger partial charge >= 0.3 is 6.03 Å². The Balaban J connectivity index is 1.36. The van der Waals surface area contributed by atoms with E-state index < -0.39 is 0 Å². The monoisotopic (exact) mass is 435 g/mol. The lowest BCUT2D eigenvalue weighted by Gasteiger charge is -2.23. The summed E-state index contributed by atoms with van der Waals surface area (Å²) in [4.78, 5) is 12.1. The van der Waals surface area contributed by atoms with Gasteiger partial charge < -0.3 is 16.0 Å². The number of anilines is 2. The lowest BCUT2D eigenvalue weighted by Crippen LogP contribution is -2.29. The normalized spacial score (nSPS) is 14.2. The summed E-state index contributed by atoms with van der Waals surface area (Å²) in [5.74, 6) is 0. The summed E-state index contributed by atoms with van der Waals surface area (Å²) in [5, 5.41) is 9.57. The molecule has 0 spiro atoms. The molecule has 0 unspecified atom stereocenters. The van der Waals surface area contributed by atoms with E-state index in [0.29, 0.717) is 6.04 Å². The molecule has 32 heavy (non-hydrogen) atoms. The average molecular weight is 436 g/mol. The summed E-state index contributed by atoms with van der Waals surface area (Å²) in [6.07, 6.45) is 14.9. The third-order valence-corrected chi connectivity index (χ3v) is 6.37. The molecule has 2 aromatic rings. The number of unbranched alkanes of at least 4 members (excludes halogenated alkanes) is 5. The smallest absolute Gasteiger partial charge is 0.319 e. The third-order valence-electron chi connectivity index (χ3n) is 6.37. The van der Waals surface area contributed by atoms with E-state index in [-0.39, 0.29) is 6.03 Å². The highest BCUT2D eigenvalue weighted by atomic mass is 16.2. The predicted molar refractivity (Wildman–Crippen MR) is 137 cm³/mol. The molecule has 2 aromatic carbocycles. The van der Waals surface area contributed by atoms with Gasteiger partial charge in [0.25, 0.3) is 0 Å². The number of urea groups is 1. The van der Waals surface area contributed by atoms with Gasteiger partial charge in [0.1, 0.15) is 0 Å². The predicted octanol–water partition coefficient (Wildman–Crippen LogP) is 7.50. The number of carbonyl (C=O) groups excluding carboxylic acids is 1. The molecule has 174 valence electrons. The van der Waals surface area contributed by atoms with E-state index in [0.717, 1.165) is 25.1 Å². The Labute approximate surface area is 194 Å². The molecular weight excluding hydrogens is 394 g/mol. The molecule has 1 fully saturated rings. The molecule has 0 heterocycles. The van der Waals surface area contributed by atoms with Crippen molar-refractivity contribution >= 4 is 17.4 Å². The number of benzene rings is 2. The van der Waals surface area contributed by atoms with Gasteiger partial charge in [-0.1, -0.05) is 82.6 Å². The van der Waals surface area contributed by atoms with Gasteiger partial charge in [-0.05, 0) is 61.1 Å². The lowest BCUT2D eigenvalue weighted by atomic mass is 9.95. The van der Waals surface area contributed by atoms with Crippen LogP contribution in [0.4, 0.5) is 16.2 Å². The molecule has 1 saturated carbocycles. The zero-order chi connectivity index (χ0) is 22.4. The first kappa shape index (κ1) is 24.2. The highest BCUT2D eigenvalue weighted by molar-refractivity contribution is 5.89. The van der Waals surface area contributed by atoms with Crippen LogP contribution in [0.1, 0.15) is 88.7 Å². The molecule has 3 N–H and O–H groups in total. The molecule has 4 nitrogen and oxygen atoms in total. The van der Waals surface area contributed by atoms with E-state index in [1.165, 1.54) is 81.0 Å². The minimum atomic E-state index is -0.118. The van der Waals surface area contributed by atoms with Gasteiger partial charge in [-0.15, -0.1) is 0 Å². The van der Waals surface area contributed by atoms with Crippen LogP contribution in [-0.4, -0.2) is 18.6 Å². The molecule has 0 aliphatic heterocycles. The molecule has 1 aliphatic rings. The molecule has 1 aliphatic carbocycles. The average Bonchev–Trinajstić information content (AvgIpc) is 2.82. The van der Waals surface area contributed by atoms with E-state index in [1.54, 1.807) is 0 Å². The van der Waals surface area contributed by atoms with E-state index in [2.05, 4.69) is 59.3 Å². The number of carbonyl (C=O) groups is 1. The van der Waals surface area contributed by atoms with Gasteiger partial charge in [-0.3, -0.25) is 0 Å². The maximum atomic E-state index is 12.1. The Morgan fingerprint density at radius 3 is 2.03 bits per heavy atom. The van der Waals surface area contributed by atoms with Crippen LogP contribution >= 0.6 is 0 Å². The number of nitrogens with one attached hydrogen (secondary N) is 3. The Morgan fingerprint density at radius 1 is 0.781 bits per heavy atom. The number of rotatable bonds is 12. The molecule has 2 amide bonds. The zero-order valence-corrected chi connectivity index (χ0v) is 19.8. The summed E-state index contributed by atoms with van der Waals surface area (Å²) in [7, 11) is 0. The summed E-state index contributed by atoms with van der Waals surface area (Å²) >= 11 is 0. The van der Waals surface area contributed by atoms with Crippen LogP contribution in [0.15, 0.2) is 48.5 Å². The molecule has 0 saturated heterocycles. The quantitative estimate of drug-likeness (QED) is 0.302. The van der Waals surface area contributed by atoms with Gasteiger partial charge in [0.05, 0.1) is 0 Å². The second-order valence-corrected chi connectivity index (χ2v) is 9.20. The van der Waals surface area contributed by atoms with Crippen LogP contribution in [0.2, 0.25) is 0 Å². The van der Waals surface area contributed by atoms with Crippen LogP contribution in [0.3, 0.4) is 0 Å². The first-order valence-corrected chi connectivity index (χ1v) is 12.7. The molecule has 0 atom stereocenters. The molecule has 3 rings (SSSR count). The lowest BCUT2D eigenvalue weighted by molar-refractivity contribution is 0.252. The Bertz CT molecular complexity index is 779. The first-order valence-electron chi connectivity index (χ1n) is 12.7. The van der Waals surface area contributed by atoms with E-state index in [1.807, 2.05) is 12.1 Å². The maximum Gasteiger partial charge on any atom is 0.319 e. The van der Waals surface area contributed by atoms with Gasteiger partial charge in [0.15, 0.2) is 0 Å². The fraction of sp³-hybridized carbons (Fsp3) is 0.536. The van der Waals surface area contributed by atoms with Crippen molar-refractivity contribution in [2.24, 2.45) is 0 Å². The standard InChI is InChI=1S/C28H41N3O/c1-2-3-4-5-6-10-21-29-28(32)31-27-19-15-24(16-20-27)22-23-13-17-26(18-14-23)30-25-11-8-7-9-12-25/h13-20,25,30H,2-12,21-22H2,1H3,(H2,29,31,32). The fourth-order valence-corrected chi connectivity index (χ4v) is 4.43. The molecule has 0 bridgehead atoms. The van der Waals surface area contributed by atoms with Crippen molar-refractivity contribution < 1.29 is 4.79 Å². The topological polar surface area (TPSA) is 53.2 Å². The number of hydrogen-bond acceptors (Lipinski definition) is 2. The zero-order valence-electron chi connectivity index (χ0n) is 19.8. The van der Waals surface area contributed by atoms with Crippen molar-refractivity contribution in [3.05, 3.63) is 59.7 Å². The fourth-order valence-electron chi connectivity index (χ4n) is 4.43. The second kappa shape index (κ2) is 13.8. The first-order chi connectivity index (χ1) is 15.7. The second-order valence-electron chi connectivity index (χ2n) is 9.20. The van der Waals surface area contributed by atoms with E-state index in [4.69, 9.17) is 0 Å². The minimum Gasteiger partial charge on any atom is -0.382 e. The number of hydrogen-bond donors (Lipinski definition) is 3. The van der Waals surface area contributed by atoms with E-state index in [9.17, 15) is 4.79 Å². The van der Waals surface area contributed by atoms with Crippen molar-refractivity contribution in [2.75, 3.05) is 17.2 Å². The molecule has 0 radical (unpaired) electrons. The summed E-state index contributed by atoms with van der Waals surface area (Å²) < 4.78 is 0. The summed E-state index contributed by atoms with van der Waals surface area (Å²) in [5.41, 5.74) is 4.61. The number of amides is 2. The molecule has 4 heteroatoms. The summed E-state index contributed by atoms with van der Waals surface area (Å²) in [6, 6.07) is 17.5. The van der Waals surface area contributed by atoms with Crippen LogP contribution < -0.4 is 16.0 Å². The van der Waals surface area contributed by atoms with Crippen LogP contribution in [0, 0.1) is 0 Å². The largest absolute Gasteiger partial charge is 0.382 e. The van der Waals surface area contributed by atoms with Crippen molar-refractivity contribution in [3.8, 4) is 0 Å². The van der Waals surface area contributed by atoms with Gasteiger partial charge in [-0.2, -0.15) is 0 Å². The third kappa shape index (κ3) is 8.94. The summed E-state index contributed by atoms with van der Waals surface area (Å²) in [6.45, 7) is 2.97. The van der Waals surface area contributed by atoms with Gasteiger partial charge in [-0.25, -0.2) is 4.79 Å².